The molecule has 1 fully saturated rings. The number of hydrogen-bond donors (Lipinski definition) is 2. The van der Waals surface area contributed by atoms with Crippen molar-refractivity contribution in [2.24, 2.45) is 0 Å². The number of piperidine rings is 1. The summed E-state index contributed by atoms with van der Waals surface area (Å²) in [7, 11) is 1.43. The molecule has 0 radical (unpaired) electrons. The predicted molar refractivity (Wildman–Crippen MR) is 74.1 cm³/mol. The average molecular weight is 363 g/mol. The zero-order valence-electron chi connectivity index (χ0n) is 11.0. The number of amides is 2. The molecule has 3 atom stereocenters. The van der Waals surface area contributed by atoms with E-state index < -0.39 is 34.6 Å². The van der Waals surface area contributed by atoms with Crippen molar-refractivity contribution in [2.45, 2.75) is 23.3 Å². The van der Waals surface area contributed by atoms with E-state index in [-0.39, 0.29) is 17.9 Å². The SMILES string of the molecule is CN1C(=O)C(Br)C[C@H](NC(=O)O)[C@H]1c1cc(F)ccc1F. The van der Waals surface area contributed by atoms with Crippen molar-refractivity contribution in [3.8, 4) is 0 Å². The van der Waals surface area contributed by atoms with Crippen LogP contribution in [0.1, 0.15) is 18.0 Å². The van der Waals surface area contributed by atoms with Gasteiger partial charge in [0, 0.05) is 12.6 Å². The highest BCUT2D eigenvalue weighted by Gasteiger charge is 2.41. The Balaban J connectivity index is 2.45. The van der Waals surface area contributed by atoms with Gasteiger partial charge in [-0.1, -0.05) is 15.9 Å². The summed E-state index contributed by atoms with van der Waals surface area (Å²) in [6.45, 7) is 0. The van der Waals surface area contributed by atoms with E-state index >= 15 is 0 Å². The van der Waals surface area contributed by atoms with Crippen LogP contribution in [0.4, 0.5) is 13.6 Å². The highest BCUT2D eigenvalue weighted by Crippen LogP contribution is 2.35. The van der Waals surface area contributed by atoms with Crippen molar-refractivity contribution >= 4 is 27.9 Å². The summed E-state index contributed by atoms with van der Waals surface area (Å²) in [4.78, 5) is 23.6. The summed E-state index contributed by atoms with van der Waals surface area (Å²) in [5.41, 5.74) is -0.0519. The molecule has 1 saturated heterocycles. The van der Waals surface area contributed by atoms with Crippen LogP contribution in [0.2, 0.25) is 0 Å². The molecule has 2 amide bonds. The molecule has 0 aliphatic carbocycles. The highest BCUT2D eigenvalue weighted by atomic mass is 79.9. The standard InChI is InChI=1S/C13H13BrF2N2O3/c1-18-11(7-4-6(15)2-3-9(7)16)10(17-13(20)21)5-8(14)12(18)19/h2-4,8,10-11,17H,5H2,1H3,(H,20,21)/t8?,10-,11+/m0/s1. The molecule has 0 bridgehead atoms. The smallest absolute Gasteiger partial charge is 0.404 e. The van der Waals surface area contributed by atoms with E-state index in [4.69, 9.17) is 5.11 Å². The van der Waals surface area contributed by atoms with Gasteiger partial charge in [-0.25, -0.2) is 13.6 Å². The van der Waals surface area contributed by atoms with E-state index in [9.17, 15) is 18.4 Å². The summed E-state index contributed by atoms with van der Waals surface area (Å²) >= 11 is 3.17. The number of nitrogens with zero attached hydrogens (tertiary/aromatic N) is 1. The van der Waals surface area contributed by atoms with Gasteiger partial charge in [0.2, 0.25) is 5.91 Å². The van der Waals surface area contributed by atoms with Gasteiger partial charge >= 0.3 is 6.09 Å². The van der Waals surface area contributed by atoms with Crippen LogP contribution >= 0.6 is 15.9 Å². The molecule has 1 heterocycles. The minimum Gasteiger partial charge on any atom is -0.465 e. The van der Waals surface area contributed by atoms with E-state index in [1.165, 1.54) is 11.9 Å². The Bertz CT molecular complexity index is 585. The van der Waals surface area contributed by atoms with Crippen molar-refractivity contribution in [1.29, 1.82) is 0 Å². The lowest BCUT2D eigenvalue weighted by Gasteiger charge is -2.41. The molecule has 0 aromatic heterocycles. The molecule has 2 rings (SSSR count). The maximum Gasteiger partial charge on any atom is 0.404 e. The fourth-order valence-corrected chi connectivity index (χ4v) is 3.27. The van der Waals surface area contributed by atoms with E-state index in [0.29, 0.717) is 0 Å². The fraction of sp³-hybridized carbons (Fsp3) is 0.385. The van der Waals surface area contributed by atoms with Crippen LogP contribution in [-0.2, 0) is 4.79 Å². The van der Waals surface area contributed by atoms with Crippen LogP contribution in [0.25, 0.3) is 0 Å². The van der Waals surface area contributed by atoms with Crippen molar-refractivity contribution in [2.75, 3.05) is 7.05 Å². The second-order valence-corrected chi connectivity index (χ2v) is 5.92. The minimum atomic E-state index is -1.29. The number of nitrogens with one attached hydrogen (secondary N) is 1. The number of alkyl halides is 1. The lowest BCUT2D eigenvalue weighted by Crippen LogP contribution is -2.54. The molecular formula is C13H13BrF2N2O3. The Labute approximate surface area is 128 Å². The van der Waals surface area contributed by atoms with Crippen LogP contribution in [0.5, 0.6) is 0 Å². The number of carbonyl (C=O) groups is 2. The Kier molecular flexibility index (Phi) is 4.46. The number of halogens is 3. The van der Waals surface area contributed by atoms with Gasteiger partial charge in [-0.2, -0.15) is 0 Å². The number of carboxylic acid groups (broad SMARTS) is 1. The second kappa shape index (κ2) is 5.97. The summed E-state index contributed by atoms with van der Waals surface area (Å²) in [5, 5.41) is 11.2. The second-order valence-electron chi connectivity index (χ2n) is 4.82. The molecule has 0 saturated carbocycles. The van der Waals surface area contributed by atoms with Crippen LogP contribution < -0.4 is 5.32 Å². The van der Waals surface area contributed by atoms with Gasteiger partial charge in [0.25, 0.3) is 0 Å². The quantitative estimate of drug-likeness (QED) is 0.793. The lowest BCUT2D eigenvalue weighted by atomic mass is 9.90. The normalized spacial score (nSPS) is 25.8. The molecule has 1 aromatic carbocycles. The van der Waals surface area contributed by atoms with Gasteiger partial charge in [0.05, 0.1) is 16.9 Å². The minimum absolute atomic E-state index is 0.0519. The largest absolute Gasteiger partial charge is 0.465 e. The van der Waals surface area contributed by atoms with Gasteiger partial charge in [-0.3, -0.25) is 4.79 Å². The average Bonchev–Trinajstić information content (AvgIpc) is 2.39. The Morgan fingerprint density at radius 1 is 1.48 bits per heavy atom. The first-order chi connectivity index (χ1) is 9.81. The van der Waals surface area contributed by atoms with Gasteiger partial charge in [0.15, 0.2) is 0 Å². The maximum atomic E-state index is 14.0. The molecule has 1 aliphatic heterocycles. The van der Waals surface area contributed by atoms with E-state index in [1.54, 1.807) is 0 Å². The van der Waals surface area contributed by atoms with Crippen molar-refractivity contribution < 1.29 is 23.5 Å². The van der Waals surface area contributed by atoms with Crippen molar-refractivity contribution in [3.05, 3.63) is 35.4 Å². The Morgan fingerprint density at radius 2 is 2.14 bits per heavy atom. The Morgan fingerprint density at radius 3 is 2.76 bits per heavy atom. The summed E-state index contributed by atoms with van der Waals surface area (Å²) in [6.07, 6.45) is -1.14. The molecule has 1 aliphatic rings. The van der Waals surface area contributed by atoms with Gasteiger partial charge < -0.3 is 15.3 Å². The van der Waals surface area contributed by atoms with E-state index in [2.05, 4.69) is 21.2 Å². The maximum absolute atomic E-state index is 14.0. The first-order valence-corrected chi connectivity index (χ1v) is 7.08. The molecule has 0 spiro atoms. The molecular weight excluding hydrogens is 350 g/mol. The third-order valence-electron chi connectivity index (χ3n) is 3.46. The molecule has 21 heavy (non-hydrogen) atoms. The third-order valence-corrected chi connectivity index (χ3v) is 4.23. The first-order valence-electron chi connectivity index (χ1n) is 6.16. The monoisotopic (exact) mass is 362 g/mol. The predicted octanol–water partition coefficient (Wildman–Crippen LogP) is 2.27. The summed E-state index contributed by atoms with van der Waals surface area (Å²) < 4.78 is 27.3. The van der Waals surface area contributed by atoms with Gasteiger partial charge in [0.1, 0.15) is 11.6 Å². The zero-order chi connectivity index (χ0) is 15.7. The van der Waals surface area contributed by atoms with E-state index in [0.717, 1.165) is 18.2 Å². The molecule has 2 N–H and O–H groups in total. The number of rotatable bonds is 2. The highest BCUT2D eigenvalue weighted by molar-refractivity contribution is 9.10. The summed E-state index contributed by atoms with van der Waals surface area (Å²) in [5.74, 6) is -1.65. The molecule has 8 heteroatoms. The zero-order valence-corrected chi connectivity index (χ0v) is 12.6. The van der Waals surface area contributed by atoms with Crippen molar-refractivity contribution in [1.82, 2.24) is 10.2 Å². The Hall–Kier alpha value is -1.70. The number of hydrogen-bond acceptors (Lipinski definition) is 2. The molecule has 5 nitrogen and oxygen atoms in total. The topological polar surface area (TPSA) is 69.6 Å². The number of likely N-dealkylation sites (N-methyl/N-ethyl adjacent to an activating group) is 1. The van der Waals surface area contributed by atoms with Gasteiger partial charge in [-0.05, 0) is 24.6 Å². The fourth-order valence-electron chi connectivity index (χ4n) is 2.54. The number of benzene rings is 1. The van der Waals surface area contributed by atoms with E-state index in [1.807, 2.05) is 0 Å². The third kappa shape index (κ3) is 3.15. The lowest BCUT2D eigenvalue weighted by molar-refractivity contribution is -0.135. The van der Waals surface area contributed by atoms with Gasteiger partial charge in [-0.15, -0.1) is 0 Å². The van der Waals surface area contributed by atoms with Crippen LogP contribution in [-0.4, -0.2) is 39.9 Å². The molecule has 1 unspecified atom stereocenters. The van der Waals surface area contributed by atoms with Crippen LogP contribution in [0.3, 0.4) is 0 Å². The van der Waals surface area contributed by atoms with Crippen LogP contribution in [0, 0.1) is 11.6 Å². The number of carbonyl (C=O) groups excluding carboxylic acids is 1. The molecule has 114 valence electrons. The van der Waals surface area contributed by atoms with Crippen LogP contribution in [0.15, 0.2) is 18.2 Å². The molecule has 1 aromatic rings. The number of likely N-dealkylation sites (tertiary alicyclic amines) is 1. The first kappa shape index (κ1) is 15.7. The summed E-state index contributed by atoms with van der Waals surface area (Å²) in [6, 6.07) is 1.26. The van der Waals surface area contributed by atoms with Crippen molar-refractivity contribution in [3.63, 3.8) is 0 Å².